The maximum absolute atomic E-state index is 12.9. The van der Waals surface area contributed by atoms with E-state index < -0.39 is 16.0 Å². The summed E-state index contributed by atoms with van der Waals surface area (Å²) >= 11 is 0. The van der Waals surface area contributed by atoms with Gasteiger partial charge < -0.3 is 8.75 Å². The highest BCUT2D eigenvalue weighted by atomic mass is 32.2. The second-order valence-corrected chi connectivity index (χ2v) is 10.2. The van der Waals surface area contributed by atoms with E-state index in [4.69, 9.17) is 4.18 Å². The minimum absolute atomic E-state index is 0.0528. The third-order valence-corrected chi connectivity index (χ3v) is 7.22. The zero-order valence-corrected chi connectivity index (χ0v) is 21.2. The van der Waals surface area contributed by atoms with Crippen LogP contribution in [0.1, 0.15) is 11.1 Å². The standard InChI is InChI=1S/C29H23N3O5S/c1-20-13-15-23(16-14-20)38(35,36)37-22-8-6-7-21(17-22)18-30-31-28(33)19-32-26-11-4-2-9-24(26)29(34)25-10-3-5-12-27(25)32/h2-18H,19H2,1H3,(H,31,33)/b30-18-. The second-order valence-electron chi connectivity index (χ2n) is 8.67. The average molecular weight is 526 g/mol. The first kappa shape index (κ1) is 24.9. The lowest BCUT2D eigenvalue weighted by Crippen LogP contribution is -2.25. The molecule has 0 saturated heterocycles. The van der Waals surface area contributed by atoms with Crippen molar-refractivity contribution in [1.29, 1.82) is 0 Å². The number of aromatic nitrogens is 1. The van der Waals surface area contributed by atoms with E-state index in [9.17, 15) is 18.0 Å². The van der Waals surface area contributed by atoms with Crippen LogP contribution in [0.5, 0.6) is 5.75 Å². The lowest BCUT2D eigenvalue weighted by Gasteiger charge is -2.14. The molecule has 190 valence electrons. The number of pyridine rings is 1. The smallest absolute Gasteiger partial charge is 0.339 e. The molecule has 0 unspecified atom stereocenters. The maximum Gasteiger partial charge on any atom is 0.339 e. The molecule has 0 aliphatic carbocycles. The van der Waals surface area contributed by atoms with Crippen molar-refractivity contribution in [1.82, 2.24) is 9.99 Å². The maximum atomic E-state index is 12.9. The molecule has 0 bridgehead atoms. The fourth-order valence-corrected chi connectivity index (χ4v) is 5.05. The van der Waals surface area contributed by atoms with Gasteiger partial charge in [0.15, 0.2) is 5.43 Å². The summed E-state index contributed by atoms with van der Waals surface area (Å²) in [6.45, 7) is 1.81. The van der Waals surface area contributed by atoms with Gasteiger partial charge in [0.2, 0.25) is 0 Å². The van der Waals surface area contributed by atoms with Crippen molar-refractivity contribution in [2.45, 2.75) is 18.4 Å². The number of hydrazone groups is 1. The van der Waals surface area contributed by atoms with E-state index >= 15 is 0 Å². The molecule has 0 aliphatic heterocycles. The number of para-hydroxylation sites is 2. The van der Waals surface area contributed by atoms with Gasteiger partial charge in [-0.2, -0.15) is 13.5 Å². The first-order chi connectivity index (χ1) is 18.3. The minimum Gasteiger partial charge on any atom is -0.379 e. The number of carbonyl (C=O) groups excluding carboxylic acids is 1. The topological polar surface area (TPSA) is 107 Å². The highest BCUT2D eigenvalue weighted by Crippen LogP contribution is 2.21. The Kier molecular flexibility index (Phi) is 6.76. The van der Waals surface area contributed by atoms with Crippen molar-refractivity contribution in [2.24, 2.45) is 5.10 Å². The highest BCUT2D eigenvalue weighted by Gasteiger charge is 2.16. The molecule has 1 aromatic heterocycles. The number of amides is 1. The van der Waals surface area contributed by atoms with E-state index in [1.807, 2.05) is 19.1 Å². The monoisotopic (exact) mass is 525 g/mol. The lowest BCUT2D eigenvalue weighted by molar-refractivity contribution is -0.121. The summed E-state index contributed by atoms with van der Waals surface area (Å²) in [5.41, 5.74) is 5.17. The second kappa shape index (κ2) is 10.3. The van der Waals surface area contributed by atoms with E-state index in [1.165, 1.54) is 30.5 Å². The summed E-state index contributed by atoms with van der Waals surface area (Å²) in [6.07, 6.45) is 1.39. The van der Waals surface area contributed by atoms with Crippen LogP contribution in [0.2, 0.25) is 0 Å². The van der Waals surface area contributed by atoms with Gasteiger partial charge in [-0.25, -0.2) is 5.43 Å². The van der Waals surface area contributed by atoms with Gasteiger partial charge in [0, 0.05) is 10.8 Å². The normalized spacial score (nSPS) is 11.7. The average Bonchev–Trinajstić information content (AvgIpc) is 2.91. The Labute approximate surface area is 218 Å². The molecule has 9 heteroatoms. The van der Waals surface area contributed by atoms with Crippen LogP contribution in [-0.2, 0) is 21.5 Å². The summed E-state index contributed by atoms with van der Waals surface area (Å²) in [5, 5.41) is 5.07. The van der Waals surface area contributed by atoms with Gasteiger partial charge in [0.05, 0.1) is 17.2 Å². The van der Waals surface area contributed by atoms with Crippen molar-refractivity contribution < 1.29 is 17.4 Å². The molecule has 0 saturated carbocycles. The SMILES string of the molecule is Cc1ccc(S(=O)(=O)Oc2cccc(/C=N\NC(=O)Cn3c4ccccc4c(=O)c4ccccc43)c2)cc1. The lowest BCUT2D eigenvalue weighted by atomic mass is 10.1. The number of fused-ring (bicyclic) bond motifs is 2. The van der Waals surface area contributed by atoms with Crippen LogP contribution in [0.25, 0.3) is 21.8 Å². The number of rotatable bonds is 7. The van der Waals surface area contributed by atoms with Crippen molar-refractivity contribution in [3.63, 3.8) is 0 Å². The van der Waals surface area contributed by atoms with Crippen LogP contribution in [0.3, 0.4) is 0 Å². The number of hydrogen-bond donors (Lipinski definition) is 1. The molecule has 5 rings (SSSR count). The van der Waals surface area contributed by atoms with Gasteiger partial charge in [-0.15, -0.1) is 0 Å². The highest BCUT2D eigenvalue weighted by molar-refractivity contribution is 7.87. The predicted molar refractivity (Wildman–Crippen MR) is 147 cm³/mol. The predicted octanol–water partition coefficient (Wildman–Crippen LogP) is 4.38. The molecule has 0 spiro atoms. The Bertz CT molecular complexity index is 1800. The van der Waals surface area contributed by atoms with E-state index in [0.717, 1.165) is 5.56 Å². The van der Waals surface area contributed by atoms with E-state index in [-0.39, 0.29) is 22.6 Å². The Morgan fingerprint density at radius 2 is 1.53 bits per heavy atom. The van der Waals surface area contributed by atoms with E-state index in [1.54, 1.807) is 65.2 Å². The molecular weight excluding hydrogens is 502 g/mol. The minimum atomic E-state index is -3.99. The van der Waals surface area contributed by atoms with Crippen LogP contribution in [0, 0.1) is 6.92 Å². The van der Waals surface area contributed by atoms with Crippen LogP contribution in [0.4, 0.5) is 0 Å². The Morgan fingerprint density at radius 1 is 0.895 bits per heavy atom. The summed E-state index contributed by atoms with van der Waals surface area (Å²) in [4.78, 5) is 25.7. The first-order valence-electron chi connectivity index (χ1n) is 11.8. The van der Waals surface area contributed by atoms with Gasteiger partial charge in [-0.3, -0.25) is 9.59 Å². The molecule has 4 aromatic carbocycles. The molecule has 0 aliphatic rings. The number of aryl methyl sites for hydroxylation is 1. The molecule has 1 N–H and O–H groups in total. The zero-order chi connectivity index (χ0) is 26.7. The molecule has 8 nitrogen and oxygen atoms in total. The fraction of sp³-hybridized carbons (Fsp3) is 0.0690. The molecule has 0 radical (unpaired) electrons. The van der Waals surface area contributed by atoms with E-state index in [0.29, 0.717) is 27.4 Å². The van der Waals surface area contributed by atoms with Crippen LogP contribution in [-0.4, -0.2) is 25.1 Å². The van der Waals surface area contributed by atoms with Crippen molar-refractivity contribution in [3.8, 4) is 5.75 Å². The number of carbonyl (C=O) groups is 1. The Hall–Kier alpha value is -4.76. The van der Waals surface area contributed by atoms with E-state index in [2.05, 4.69) is 10.5 Å². The Morgan fingerprint density at radius 3 is 2.18 bits per heavy atom. The number of nitrogens with zero attached hydrogens (tertiary/aromatic N) is 2. The van der Waals surface area contributed by atoms with Crippen LogP contribution in [0.15, 0.2) is 112 Å². The number of nitrogens with one attached hydrogen (secondary N) is 1. The zero-order valence-electron chi connectivity index (χ0n) is 20.4. The summed E-state index contributed by atoms with van der Waals surface area (Å²) in [5.74, 6) is -0.276. The third-order valence-electron chi connectivity index (χ3n) is 5.96. The largest absolute Gasteiger partial charge is 0.379 e. The molecule has 0 fully saturated rings. The van der Waals surface area contributed by atoms with Gasteiger partial charge in [0.25, 0.3) is 5.91 Å². The first-order valence-corrected chi connectivity index (χ1v) is 13.2. The fourth-order valence-electron chi connectivity index (χ4n) is 4.13. The van der Waals surface area contributed by atoms with Crippen molar-refractivity contribution >= 4 is 44.0 Å². The van der Waals surface area contributed by atoms with Crippen LogP contribution < -0.4 is 15.0 Å². The van der Waals surface area contributed by atoms with Gasteiger partial charge in [0.1, 0.15) is 17.2 Å². The third kappa shape index (κ3) is 5.18. The summed E-state index contributed by atoms with van der Waals surface area (Å²) in [7, 11) is -3.99. The van der Waals surface area contributed by atoms with Crippen molar-refractivity contribution in [2.75, 3.05) is 0 Å². The molecule has 0 atom stereocenters. The summed E-state index contributed by atoms with van der Waals surface area (Å²) in [6, 6.07) is 27.0. The molecular formula is C29H23N3O5S. The van der Waals surface area contributed by atoms with Crippen molar-refractivity contribution in [3.05, 3.63) is 118 Å². The molecule has 1 amide bonds. The number of hydrogen-bond acceptors (Lipinski definition) is 6. The Balaban J connectivity index is 1.32. The number of benzene rings is 4. The van der Waals surface area contributed by atoms with Gasteiger partial charge in [-0.05, 0) is 61.0 Å². The quantitative estimate of drug-likeness (QED) is 0.147. The molecule has 38 heavy (non-hydrogen) atoms. The summed E-state index contributed by atoms with van der Waals surface area (Å²) < 4.78 is 32.2. The van der Waals surface area contributed by atoms with Crippen LogP contribution >= 0.6 is 0 Å². The molecule has 5 aromatic rings. The van der Waals surface area contributed by atoms with Gasteiger partial charge >= 0.3 is 10.1 Å². The van der Waals surface area contributed by atoms with Gasteiger partial charge in [-0.1, -0.05) is 54.1 Å². The molecule has 1 heterocycles.